The lowest BCUT2D eigenvalue weighted by Crippen LogP contribution is -2.38. The van der Waals surface area contributed by atoms with Gasteiger partial charge in [-0.2, -0.15) is 0 Å². The van der Waals surface area contributed by atoms with Crippen molar-refractivity contribution in [2.24, 2.45) is 0 Å². The van der Waals surface area contributed by atoms with Gasteiger partial charge in [0.05, 0.1) is 6.61 Å². The first-order valence-electron chi connectivity index (χ1n) is 7.19. The predicted molar refractivity (Wildman–Crippen MR) is 80.5 cm³/mol. The van der Waals surface area contributed by atoms with Gasteiger partial charge in [-0.25, -0.2) is 4.98 Å². The third-order valence-electron chi connectivity index (χ3n) is 3.71. The fraction of sp³-hybridized carbons (Fsp3) is 0.667. The number of aliphatic hydroxyl groups is 1. The van der Waals surface area contributed by atoms with Crippen LogP contribution in [0.25, 0.3) is 0 Å². The second kappa shape index (κ2) is 8.12. The van der Waals surface area contributed by atoms with Gasteiger partial charge in [-0.15, -0.1) is 0 Å². The van der Waals surface area contributed by atoms with Crippen molar-refractivity contribution in [1.29, 1.82) is 0 Å². The van der Waals surface area contributed by atoms with E-state index in [0.29, 0.717) is 12.6 Å². The molecule has 0 aromatic carbocycles. The highest BCUT2D eigenvalue weighted by Gasteiger charge is 2.21. The molecule has 1 aromatic heterocycles. The number of nitrogens with zero attached hydrogens (tertiary/aromatic N) is 2. The molecular formula is C15H27N3O. The molecule has 2 N–H and O–H groups in total. The Bertz CT molecular complexity index is 366. The zero-order valence-corrected chi connectivity index (χ0v) is 12.6. The number of aliphatic hydroxyl groups excluding tert-OH is 1. The summed E-state index contributed by atoms with van der Waals surface area (Å²) in [6.07, 6.45) is 3.94. The summed E-state index contributed by atoms with van der Waals surface area (Å²) in [6, 6.07) is 4.75. The maximum atomic E-state index is 9.34. The normalized spacial score (nSPS) is 12.7. The van der Waals surface area contributed by atoms with Gasteiger partial charge in [0.2, 0.25) is 0 Å². The lowest BCUT2D eigenvalue weighted by Gasteiger charge is -2.33. The van der Waals surface area contributed by atoms with E-state index >= 15 is 0 Å². The van der Waals surface area contributed by atoms with Gasteiger partial charge < -0.3 is 15.3 Å². The van der Waals surface area contributed by atoms with Gasteiger partial charge in [-0.05, 0) is 32.9 Å². The fourth-order valence-electron chi connectivity index (χ4n) is 2.44. The Morgan fingerprint density at radius 1 is 1.37 bits per heavy atom. The van der Waals surface area contributed by atoms with Crippen LogP contribution in [0.2, 0.25) is 0 Å². The van der Waals surface area contributed by atoms with Gasteiger partial charge in [0.1, 0.15) is 5.82 Å². The van der Waals surface area contributed by atoms with E-state index in [1.165, 1.54) is 5.56 Å². The molecule has 1 heterocycles. The molecule has 0 radical (unpaired) electrons. The summed E-state index contributed by atoms with van der Waals surface area (Å²) in [6.45, 7) is 7.28. The first kappa shape index (κ1) is 15.9. The first-order chi connectivity index (χ1) is 9.19. The van der Waals surface area contributed by atoms with Crippen LogP contribution in [-0.4, -0.2) is 36.3 Å². The number of pyridine rings is 1. The zero-order valence-electron chi connectivity index (χ0n) is 12.6. The average molecular weight is 265 g/mol. The molecule has 108 valence electrons. The molecule has 0 saturated carbocycles. The Labute approximate surface area is 116 Å². The smallest absolute Gasteiger partial charge is 0.133 e. The number of hydrogen-bond acceptors (Lipinski definition) is 4. The number of hydrogen-bond donors (Lipinski definition) is 2. The molecule has 0 saturated heterocycles. The molecule has 4 nitrogen and oxygen atoms in total. The van der Waals surface area contributed by atoms with Gasteiger partial charge in [0.15, 0.2) is 0 Å². The van der Waals surface area contributed by atoms with E-state index in [0.717, 1.165) is 18.7 Å². The summed E-state index contributed by atoms with van der Waals surface area (Å²) in [4.78, 5) is 6.80. The molecular weight excluding hydrogens is 238 g/mol. The molecule has 0 fully saturated rings. The molecule has 0 spiro atoms. The van der Waals surface area contributed by atoms with Crippen LogP contribution in [0.4, 0.5) is 5.82 Å². The molecule has 0 amide bonds. The minimum Gasteiger partial charge on any atom is -0.395 e. The molecule has 1 unspecified atom stereocenters. The highest BCUT2D eigenvalue weighted by molar-refractivity contribution is 5.49. The molecule has 0 aliphatic heterocycles. The van der Waals surface area contributed by atoms with E-state index in [9.17, 15) is 5.11 Å². The number of rotatable bonds is 8. The Morgan fingerprint density at radius 2 is 2.05 bits per heavy atom. The van der Waals surface area contributed by atoms with Crippen LogP contribution in [0.1, 0.15) is 45.2 Å². The third-order valence-corrected chi connectivity index (χ3v) is 3.71. The third kappa shape index (κ3) is 3.91. The van der Waals surface area contributed by atoms with Crippen molar-refractivity contribution in [3.05, 3.63) is 23.9 Å². The Morgan fingerprint density at radius 3 is 2.58 bits per heavy atom. The molecule has 19 heavy (non-hydrogen) atoms. The average Bonchev–Trinajstić information content (AvgIpc) is 2.46. The van der Waals surface area contributed by atoms with Crippen LogP contribution in [0.5, 0.6) is 0 Å². The first-order valence-corrected chi connectivity index (χ1v) is 7.19. The highest BCUT2D eigenvalue weighted by Crippen LogP contribution is 2.26. The molecule has 0 aliphatic carbocycles. The van der Waals surface area contributed by atoms with Gasteiger partial charge >= 0.3 is 0 Å². The second-order valence-corrected chi connectivity index (χ2v) is 4.81. The van der Waals surface area contributed by atoms with Crippen molar-refractivity contribution < 1.29 is 5.11 Å². The van der Waals surface area contributed by atoms with Crippen molar-refractivity contribution in [2.75, 3.05) is 25.1 Å². The maximum absolute atomic E-state index is 9.34. The summed E-state index contributed by atoms with van der Waals surface area (Å²) >= 11 is 0. The van der Waals surface area contributed by atoms with Crippen molar-refractivity contribution in [1.82, 2.24) is 10.3 Å². The Balaban J connectivity index is 3.14. The zero-order chi connectivity index (χ0) is 14.3. The molecule has 1 rings (SSSR count). The van der Waals surface area contributed by atoms with Crippen LogP contribution in [0, 0.1) is 0 Å². The maximum Gasteiger partial charge on any atom is 0.133 e. The summed E-state index contributed by atoms with van der Waals surface area (Å²) in [5.74, 6) is 0.993. The van der Waals surface area contributed by atoms with Crippen molar-refractivity contribution in [2.45, 2.75) is 45.7 Å². The monoisotopic (exact) mass is 265 g/mol. The van der Waals surface area contributed by atoms with Gasteiger partial charge in [0, 0.05) is 30.4 Å². The second-order valence-electron chi connectivity index (χ2n) is 4.81. The van der Waals surface area contributed by atoms with Crippen LogP contribution >= 0.6 is 0 Å². The minimum absolute atomic E-state index is 0.153. The number of nitrogens with one attached hydrogen (secondary N) is 1. The van der Waals surface area contributed by atoms with Crippen molar-refractivity contribution in [3.8, 4) is 0 Å². The van der Waals surface area contributed by atoms with Gasteiger partial charge in [-0.1, -0.05) is 19.9 Å². The van der Waals surface area contributed by atoms with Crippen molar-refractivity contribution >= 4 is 5.82 Å². The summed E-state index contributed by atoms with van der Waals surface area (Å²) in [5.41, 5.74) is 1.19. The molecule has 1 atom stereocenters. The Hall–Kier alpha value is -1.13. The molecule has 1 aromatic rings. The molecule has 0 aliphatic rings. The highest BCUT2D eigenvalue weighted by atomic mass is 16.3. The van der Waals surface area contributed by atoms with E-state index < -0.39 is 0 Å². The van der Waals surface area contributed by atoms with Crippen molar-refractivity contribution in [3.63, 3.8) is 0 Å². The van der Waals surface area contributed by atoms with Crippen LogP contribution in [-0.2, 0) is 0 Å². The van der Waals surface area contributed by atoms with E-state index in [-0.39, 0.29) is 12.6 Å². The van der Waals surface area contributed by atoms with E-state index in [1.54, 1.807) is 0 Å². The van der Waals surface area contributed by atoms with Gasteiger partial charge in [-0.3, -0.25) is 0 Å². The summed E-state index contributed by atoms with van der Waals surface area (Å²) in [7, 11) is 1.95. The van der Waals surface area contributed by atoms with Crippen LogP contribution in [0.3, 0.4) is 0 Å². The standard InChI is InChI=1S/C15H27N3O/c1-5-13(6-2)18(10-11-19)15-14(12(3)16-4)8-7-9-17-15/h7-9,12-13,16,19H,5-6,10-11H2,1-4H3. The summed E-state index contributed by atoms with van der Waals surface area (Å²) in [5, 5.41) is 12.6. The summed E-state index contributed by atoms with van der Waals surface area (Å²) < 4.78 is 0. The lowest BCUT2D eigenvalue weighted by atomic mass is 10.1. The van der Waals surface area contributed by atoms with E-state index in [1.807, 2.05) is 19.3 Å². The molecule has 0 bridgehead atoms. The van der Waals surface area contributed by atoms with Gasteiger partial charge in [0.25, 0.3) is 0 Å². The topological polar surface area (TPSA) is 48.4 Å². The number of anilines is 1. The SMILES string of the molecule is CCC(CC)N(CCO)c1ncccc1C(C)NC. The van der Waals surface area contributed by atoms with E-state index in [4.69, 9.17) is 0 Å². The van der Waals surface area contributed by atoms with Crippen LogP contribution in [0.15, 0.2) is 18.3 Å². The largest absolute Gasteiger partial charge is 0.395 e. The minimum atomic E-state index is 0.153. The Kier molecular flexibility index (Phi) is 6.81. The quantitative estimate of drug-likeness (QED) is 0.757. The van der Waals surface area contributed by atoms with E-state index in [2.05, 4.69) is 42.0 Å². The lowest BCUT2D eigenvalue weighted by molar-refractivity contribution is 0.295. The fourth-order valence-corrected chi connectivity index (χ4v) is 2.44. The molecule has 4 heteroatoms. The predicted octanol–water partition coefficient (Wildman–Crippen LogP) is 2.35. The number of aromatic nitrogens is 1. The van der Waals surface area contributed by atoms with Crippen LogP contribution < -0.4 is 10.2 Å².